The molecule has 0 N–H and O–H groups in total. The lowest BCUT2D eigenvalue weighted by atomic mass is 10.1. The fourth-order valence-electron chi connectivity index (χ4n) is 7.08. The number of hydrogen-bond acceptors (Lipinski definition) is 6. The molecule has 0 fully saturated rings. The number of ether oxygens (including phenoxy) is 3. The molecule has 6 nitrogen and oxygen atoms in total. The Morgan fingerprint density at radius 1 is 0.309 bits per heavy atom. The molecule has 384 valence electrons. The van der Waals surface area contributed by atoms with Crippen molar-refractivity contribution in [1.29, 1.82) is 0 Å². The maximum absolute atomic E-state index is 12.7. The molecule has 0 saturated heterocycles. The Labute approximate surface area is 418 Å². The van der Waals surface area contributed by atoms with E-state index in [0.717, 1.165) is 116 Å². The van der Waals surface area contributed by atoms with Crippen LogP contribution in [0.15, 0.2) is 122 Å². The van der Waals surface area contributed by atoms with E-state index in [1.807, 2.05) is 0 Å². The molecule has 6 heteroatoms. The van der Waals surface area contributed by atoms with Crippen molar-refractivity contribution in [3.63, 3.8) is 0 Å². The predicted molar refractivity (Wildman–Crippen MR) is 293 cm³/mol. The molecule has 0 aliphatic rings. The molecule has 1 unspecified atom stereocenters. The van der Waals surface area contributed by atoms with Crippen LogP contribution in [0, 0.1) is 0 Å². The summed E-state index contributed by atoms with van der Waals surface area (Å²) >= 11 is 0. The minimum absolute atomic E-state index is 0.102. The first-order valence-electron chi connectivity index (χ1n) is 27.5. The molecule has 0 aromatic rings. The quantitative estimate of drug-likeness (QED) is 0.0262. The van der Waals surface area contributed by atoms with Gasteiger partial charge in [-0.05, 0) is 109 Å². The van der Waals surface area contributed by atoms with Crippen LogP contribution in [0.2, 0.25) is 0 Å². The van der Waals surface area contributed by atoms with Crippen LogP contribution in [0.1, 0.15) is 233 Å². The van der Waals surface area contributed by atoms with Gasteiger partial charge in [-0.15, -0.1) is 0 Å². The van der Waals surface area contributed by atoms with Gasteiger partial charge in [0.25, 0.3) is 0 Å². The molecule has 0 rings (SSSR count). The third-order valence-electron chi connectivity index (χ3n) is 11.2. The summed E-state index contributed by atoms with van der Waals surface area (Å²) in [6.45, 7) is 6.39. The summed E-state index contributed by atoms with van der Waals surface area (Å²) in [7, 11) is 0. The first-order valence-corrected chi connectivity index (χ1v) is 27.5. The van der Waals surface area contributed by atoms with E-state index in [9.17, 15) is 14.4 Å². The number of carbonyl (C=O) groups is 3. The van der Waals surface area contributed by atoms with Gasteiger partial charge in [-0.2, -0.15) is 0 Å². The smallest absolute Gasteiger partial charge is 0.306 e. The first kappa shape index (κ1) is 63.8. The van der Waals surface area contributed by atoms with Crippen LogP contribution in [-0.2, 0) is 28.6 Å². The molecule has 1 atom stereocenters. The molecule has 0 heterocycles. The van der Waals surface area contributed by atoms with Crippen molar-refractivity contribution in [3.05, 3.63) is 122 Å². The minimum Gasteiger partial charge on any atom is -0.462 e. The lowest BCUT2D eigenvalue weighted by Gasteiger charge is -2.18. The van der Waals surface area contributed by atoms with Crippen molar-refractivity contribution < 1.29 is 28.6 Å². The van der Waals surface area contributed by atoms with E-state index in [2.05, 4.69) is 142 Å². The number of hydrogen-bond donors (Lipinski definition) is 0. The summed E-state index contributed by atoms with van der Waals surface area (Å²) in [5, 5.41) is 0. The predicted octanol–water partition coefficient (Wildman–Crippen LogP) is 18.5. The molecule has 0 aromatic carbocycles. The highest BCUT2D eigenvalue weighted by molar-refractivity contribution is 5.71. The average molecular weight is 941 g/mol. The Morgan fingerprint density at radius 3 is 0.971 bits per heavy atom. The van der Waals surface area contributed by atoms with Gasteiger partial charge in [0, 0.05) is 19.3 Å². The van der Waals surface area contributed by atoms with Gasteiger partial charge in [-0.1, -0.05) is 226 Å². The summed E-state index contributed by atoms with van der Waals surface area (Å²) < 4.78 is 16.6. The molecule has 0 bridgehead atoms. The molecule has 0 radical (unpaired) electrons. The maximum atomic E-state index is 12.7. The van der Waals surface area contributed by atoms with Crippen molar-refractivity contribution in [2.45, 2.75) is 239 Å². The average Bonchev–Trinajstić information content (AvgIpc) is 3.34. The van der Waals surface area contributed by atoms with Gasteiger partial charge < -0.3 is 14.2 Å². The molecule has 0 aliphatic heterocycles. The van der Waals surface area contributed by atoms with E-state index >= 15 is 0 Å². The summed E-state index contributed by atoms with van der Waals surface area (Å²) in [6.07, 6.45) is 76.5. The maximum Gasteiger partial charge on any atom is 0.306 e. The summed E-state index contributed by atoms with van der Waals surface area (Å²) in [5.74, 6) is -0.988. The van der Waals surface area contributed by atoms with E-state index in [-0.39, 0.29) is 37.5 Å². The fourth-order valence-corrected chi connectivity index (χ4v) is 7.08. The largest absolute Gasteiger partial charge is 0.462 e. The number of esters is 3. The lowest BCUT2D eigenvalue weighted by molar-refractivity contribution is -0.167. The third-order valence-corrected chi connectivity index (χ3v) is 11.2. The van der Waals surface area contributed by atoms with Crippen molar-refractivity contribution in [3.8, 4) is 0 Å². The monoisotopic (exact) mass is 941 g/mol. The molecule has 0 amide bonds. The molecule has 0 aromatic heterocycles. The van der Waals surface area contributed by atoms with E-state index in [1.54, 1.807) is 0 Å². The number of unbranched alkanes of at least 4 members (excludes halogenated alkanes) is 17. The fraction of sp³-hybridized carbons (Fsp3) is 0.629. The van der Waals surface area contributed by atoms with Crippen molar-refractivity contribution in [1.82, 2.24) is 0 Å². The Hall–Kier alpha value is -4.19. The zero-order valence-corrected chi connectivity index (χ0v) is 43.8. The highest BCUT2D eigenvalue weighted by atomic mass is 16.6. The number of allylic oxidation sites excluding steroid dienone is 20. The van der Waals surface area contributed by atoms with E-state index in [0.29, 0.717) is 19.3 Å². The Morgan fingerprint density at radius 2 is 0.588 bits per heavy atom. The molecular weight excluding hydrogens is 841 g/mol. The SMILES string of the molecule is CC/C=C\C/C=C\C/C=C\C/C=C\C/C=C\C/C=C\C/C=C\C/C=C\C/C=C\CCCC(=O)OCC(COC(=O)CCCCCCCC)OC(=O)CCCCCCC/C=C\CCCCCCCC. The second kappa shape index (κ2) is 55.4. The van der Waals surface area contributed by atoms with Crippen LogP contribution in [-0.4, -0.2) is 37.2 Å². The zero-order valence-electron chi connectivity index (χ0n) is 43.8. The summed E-state index contributed by atoms with van der Waals surface area (Å²) in [4.78, 5) is 37.8. The van der Waals surface area contributed by atoms with Crippen LogP contribution in [0.25, 0.3) is 0 Å². The van der Waals surface area contributed by atoms with Crippen LogP contribution in [0.5, 0.6) is 0 Å². The normalized spacial score (nSPS) is 13.0. The molecule has 0 spiro atoms. The molecular formula is C62H100O6. The first-order chi connectivity index (χ1) is 33.5. The highest BCUT2D eigenvalue weighted by Gasteiger charge is 2.19. The topological polar surface area (TPSA) is 78.9 Å². The van der Waals surface area contributed by atoms with Crippen molar-refractivity contribution in [2.24, 2.45) is 0 Å². The van der Waals surface area contributed by atoms with E-state index in [1.165, 1.54) is 70.6 Å². The van der Waals surface area contributed by atoms with Gasteiger partial charge in [-0.25, -0.2) is 0 Å². The van der Waals surface area contributed by atoms with Crippen LogP contribution < -0.4 is 0 Å². The van der Waals surface area contributed by atoms with Gasteiger partial charge in [-0.3, -0.25) is 14.4 Å². The molecule has 0 saturated carbocycles. The van der Waals surface area contributed by atoms with Crippen molar-refractivity contribution in [2.75, 3.05) is 13.2 Å². The standard InChI is InChI=1S/C62H100O6/c1-4-7-10-13-16-18-20-22-24-25-26-27-28-29-30-31-32-33-34-35-36-37-39-40-42-44-46-49-52-55-61(64)67-58-59(57-66-60(63)54-51-48-15-12-9-6-3)68-62(65)56-53-50-47-45-43-41-38-23-21-19-17-14-11-8-5-2/h7,10,16,18,22-24,26-27,29-30,32-33,35-36,38-40,44,46,59H,4-6,8-9,11-15,17,19-21,25,28,31,34,37,41-43,45,47-58H2,1-3H3/b10-7-,18-16-,24-22-,27-26-,30-29-,33-32-,36-35-,38-23-,40-39-,46-44-. The number of carbonyl (C=O) groups excluding carboxylic acids is 3. The van der Waals surface area contributed by atoms with Gasteiger partial charge >= 0.3 is 17.9 Å². The molecule has 0 aliphatic carbocycles. The van der Waals surface area contributed by atoms with Crippen LogP contribution in [0.3, 0.4) is 0 Å². The molecule has 68 heavy (non-hydrogen) atoms. The highest BCUT2D eigenvalue weighted by Crippen LogP contribution is 2.13. The summed E-state index contributed by atoms with van der Waals surface area (Å²) in [5.41, 5.74) is 0. The van der Waals surface area contributed by atoms with Crippen molar-refractivity contribution >= 4 is 17.9 Å². The lowest BCUT2D eigenvalue weighted by Crippen LogP contribution is -2.30. The second-order valence-electron chi connectivity index (χ2n) is 17.8. The van der Waals surface area contributed by atoms with E-state index in [4.69, 9.17) is 14.2 Å². The summed E-state index contributed by atoms with van der Waals surface area (Å²) in [6, 6.07) is 0. The van der Waals surface area contributed by atoms with Gasteiger partial charge in [0.2, 0.25) is 0 Å². The van der Waals surface area contributed by atoms with Gasteiger partial charge in [0.15, 0.2) is 6.10 Å². The Balaban J connectivity index is 4.29. The Bertz CT molecular complexity index is 1450. The Kier molecular flexibility index (Phi) is 52.0. The van der Waals surface area contributed by atoms with Crippen LogP contribution in [0.4, 0.5) is 0 Å². The third kappa shape index (κ3) is 52.8. The van der Waals surface area contributed by atoms with Gasteiger partial charge in [0.1, 0.15) is 13.2 Å². The van der Waals surface area contributed by atoms with Crippen LogP contribution >= 0.6 is 0 Å². The minimum atomic E-state index is -0.804. The van der Waals surface area contributed by atoms with Gasteiger partial charge in [0.05, 0.1) is 0 Å². The van der Waals surface area contributed by atoms with E-state index < -0.39 is 6.10 Å². The second-order valence-corrected chi connectivity index (χ2v) is 17.8. The number of rotatable bonds is 48. The zero-order chi connectivity index (χ0) is 49.3.